The van der Waals surface area contributed by atoms with Gasteiger partial charge in [-0.1, -0.05) is 43.5 Å². The number of nitrogens with zero attached hydrogens (tertiary/aromatic N) is 2. The fourth-order valence-corrected chi connectivity index (χ4v) is 3.49. The first kappa shape index (κ1) is 16.8. The Bertz CT molecular complexity index is 873. The minimum atomic E-state index is -0.227. The Morgan fingerprint density at radius 2 is 1.69 bits per heavy atom. The summed E-state index contributed by atoms with van der Waals surface area (Å²) in [6.45, 7) is 0.557. The molecule has 1 aliphatic carbocycles. The second-order valence-corrected chi connectivity index (χ2v) is 6.87. The summed E-state index contributed by atoms with van der Waals surface area (Å²) in [5, 5.41) is 7.94. The lowest BCUT2D eigenvalue weighted by atomic mass is 9.95. The van der Waals surface area contributed by atoms with Gasteiger partial charge in [-0.15, -0.1) is 0 Å². The van der Waals surface area contributed by atoms with E-state index in [4.69, 9.17) is 4.98 Å². The zero-order chi connectivity index (χ0) is 17.8. The van der Waals surface area contributed by atoms with E-state index in [-0.39, 0.29) is 5.82 Å². The summed E-state index contributed by atoms with van der Waals surface area (Å²) in [4.78, 5) is 9.35. The van der Waals surface area contributed by atoms with Crippen molar-refractivity contribution in [1.82, 2.24) is 9.97 Å². The SMILES string of the molecule is Fc1ccc(CNc2nc(NC3CCCCC3)c3ccccc3n2)cc1. The number of hydrogen-bond acceptors (Lipinski definition) is 4. The van der Waals surface area contributed by atoms with Crippen LogP contribution in [0.3, 0.4) is 0 Å². The van der Waals surface area contributed by atoms with Crippen molar-refractivity contribution in [2.24, 2.45) is 0 Å². The molecule has 1 fully saturated rings. The molecule has 0 saturated heterocycles. The van der Waals surface area contributed by atoms with Crippen molar-refractivity contribution in [1.29, 1.82) is 0 Å². The van der Waals surface area contributed by atoms with E-state index < -0.39 is 0 Å². The number of benzene rings is 2. The Balaban J connectivity index is 1.57. The third-order valence-corrected chi connectivity index (χ3v) is 4.91. The molecule has 1 heterocycles. The number of halogens is 1. The van der Waals surface area contributed by atoms with E-state index in [2.05, 4.69) is 21.7 Å². The van der Waals surface area contributed by atoms with Crippen LogP contribution in [0.2, 0.25) is 0 Å². The molecule has 26 heavy (non-hydrogen) atoms. The van der Waals surface area contributed by atoms with Gasteiger partial charge in [0.2, 0.25) is 5.95 Å². The zero-order valence-corrected chi connectivity index (χ0v) is 14.7. The van der Waals surface area contributed by atoms with Crippen LogP contribution in [0.25, 0.3) is 10.9 Å². The van der Waals surface area contributed by atoms with Crippen LogP contribution in [-0.4, -0.2) is 16.0 Å². The van der Waals surface area contributed by atoms with Gasteiger partial charge in [-0.3, -0.25) is 0 Å². The molecular weight excluding hydrogens is 327 g/mol. The summed E-state index contributed by atoms with van der Waals surface area (Å²) in [7, 11) is 0. The first-order valence-electron chi connectivity index (χ1n) is 9.29. The van der Waals surface area contributed by atoms with E-state index in [1.54, 1.807) is 12.1 Å². The van der Waals surface area contributed by atoms with Crippen molar-refractivity contribution in [2.45, 2.75) is 44.7 Å². The van der Waals surface area contributed by atoms with E-state index in [1.165, 1.54) is 44.2 Å². The van der Waals surface area contributed by atoms with Gasteiger partial charge in [0.25, 0.3) is 0 Å². The molecule has 134 valence electrons. The highest BCUT2D eigenvalue weighted by atomic mass is 19.1. The van der Waals surface area contributed by atoms with Crippen LogP contribution in [-0.2, 0) is 6.54 Å². The van der Waals surface area contributed by atoms with Crippen molar-refractivity contribution in [3.63, 3.8) is 0 Å². The summed E-state index contributed by atoms with van der Waals surface area (Å²) in [5.41, 5.74) is 1.91. The normalized spacial score (nSPS) is 15.1. The Hall–Kier alpha value is -2.69. The molecule has 4 nitrogen and oxygen atoms in total. The van der Waals surface area contributed by atoms with Gasteiger partial charge in [-0.2, -0.15) is 4.98 Å². The highest BCUT2D eigenvalue weighted by molar-refractivity contribution is 5.90. The molecular formula is C21H23FN4. The number of rotatable bonds is 5. The predicted molar refractivity (Wildman–Crippen MR) is 104 cm³/mol. The molecule has 0 atom stereocenters. The monoisotopic (exact) mass is 350 g/mol. The molecule has 1 saturated carbocycles. The molecule has 0 radical (unpaired) electrons. The first-order valence-corrected chi connectivity index (χ1v) is 9.29. The van der Waals surface area contributed by atoms with Crippen LogP contribution >= 0.6 is 0 Å². The molecule has 5 heteroatoms. The molecule has 0 unspecified atom stereocenters. The summed E-state index contributed by atoms with van der Waals surface area (Å²) in [6, 6.07) is 15.0. The van der Waals surface area contributed by atoms with Crippen LogP contribution in [0.1, 0.15) is 37.7 Å². The van der Waals surface area contributed by atoms with Crippen molar-refractivity contribution in [3.8, 4) is 0 Å². The minimum Gasteiger partial charge on any atom is -0.367 e. The number of aromatic nitrogens is 2. The number of para-hydroxylation sites is 1. The van der Waals surface area contributed by atoms with Gasteiger partial charge in [-0.05, 0) is 42.7 Å². The maximum absolute atomic E-state index is 13.0. The number of nitrogens with one attached hydrogen (secondary N) is 2. The van der Waals surface area contributed by atoms with Crippen molar-refractivity contribution < 1.29 is 4.39 Å². The number of hydrogen-bond donors (Lipinski definition) is 2. The lowest BCUT2D eigenvalue weighted by Crippen LogP contribution is -2.23. The van der Waals surface area contributed by atoms with Crippen LogP contribution in [0.4, 0.5) is 16.2 Å². The smallest absolute Gasteiger partial charge is 0.225 e. The molecule has 2 N–H and O–H groups in total. The second-order valence-electron chi connectivity index (χ2n) is 6.87. The van der Waals surface area contributed by atoms with Crippen LogP contribution in [0.5, 0.6) is 0 Å². The van der Waals surface area contributed by atoms with Gasteiger partial charge in [0.05, 0.1) is 5.52 Å². The topological polar surface area (TPSA) is 49.8 Å². The van der Waals surface area contributed by atoms with Gasteiger partial charge in [0, 0.05) is 18.0 Å². The fourth-order valence-electron chi connectivity index (χ4n) is 3.49. The summed E-state index contributed by atoms with van der Waals surface area (Å²) in [6.07, 6.45) is 6.26. The molecule has 4 rings (SSSR count). The van der Waals surface area contributed by atoms with Gasteiger partial charge in [0.15, 0.2) is 0 Å². The maximum Gasteiger partial charge on any atom is 0.225 e. The van der Waals surface area contributed by atoms with Crippen LogP contribution in [0.15, 0.2) is 48.5 Å². The first-order chi connectivity index (χ1) is 12.8. The van der Waals surface area contributed by atoms with E-state index in [1.807, 2.05) is 18.2 Å². The van der Waals surface area contributed by atoms with Gasteiger partial charge in [0.1, 0.15) is 11.6 Å². The maximum atomic E-state index is 13.0. The standard InChI is InChI=1S/C21H23FN4/c22-16-12-10-15(11-13-16)14-23-21-25-19-9-5-4-8-18(19)20(26-21)24-17-6-2-1-3-7-17/h4-5,8-13,17H,1-3,6-7,14H2,(H2,23,24,25,26). The van der Waals surface area contributed by atoms with Crippen LogP contribution < -0.4 is 10.6 Å². The minimum absolute atomic E-state index is 0.227. The lowest BCUT2D eigenvalue weighted by Gasteiger charge is -2.24. The van der Waals surface area contributed by atoms with Crippen molar-refractivity contribution in [3.05, 3.63) is 59.9 Å². The van der Waals surface area contributed by atoms with Gasteiger partial charge < -0.3 is 10.6 Å². The lowest BCUT2D eigenvalue weighted by molar-refractivity contribution is 0.462. The van der Waals surface area contributed by atoms with Crippen molar-refractivity contribution in [2.75, 3.05) is 10.6 Å². The zero-order valence-electron chi connectivity index (χ0n) is 14.7. The highest BCUT2D eigenvalue weighted by Crippen LogP contribution is 2.26. The highest BCUT2D eigenvalue weighted by Gasteiger charge is 2.16. The molecule has 0 amide bonds. The summed E-state index contributed by atoms with van der Waals surface area (Å²) in [5.74, 6) is 1.25. The van der Waals surface area contributed by atoms with Gasteiger partial charge in [-0.25, -0.2) is 9.37 Å². The molecule has 0 bridgehead atoms. The number of anilines is 2. The molecule has 2 aromatic carbocycles. The Kier molecular flexibility index (Phi) is 4.95. The summed E-state index contributed by atoms with van der Waals surface area (Å²) < 4.78 is 13.0. The third kappa shape index (κ3) is 3.93. The van der Waals surface area contributed by atoms with E-state index in [9.17, 15) is 4.39 Å². The van der Waals surface area contributed by atoms with E-state index >= 15 is 0 Å². The Morgan fingerprint density at radius 3 is 2.50 bits per heavy atom. The Morgan fingerprint density at radius 1 is 0.923 bits per heavy atom. The van der Waals surface area contributed by atoms with Crippen molar-refractivity contribution >= 4 is 22.7 Å². The quantitative estimate of drug-likeness (QED) is 0.670. The molecule has 0 aliphatic heterocycles. The van der Waals surface area contributed by atoms with Gasteiger partial charge >= 0.3 is 0 Å². The molecule has 1 aliphatic rings. The average Bonchev–Trinajstić information content (AvgIpc) is 2.68. The second kappa shape index (κ2) is 7.68. The largest absolute Gasteiger partial charge is 0.367 e. The summed E-state index contributed by atoms with van der Waals surface area (Å²) >= 11 is 0. The molecule has 3 aromatic rings. The fraction of sp³-hybridized carbons (Fsp3) is 0.333. The van der Waals surface area contributed by atoms with E-state index in [0.29, 0.717) is 18.5 Å². The molecule has 1 aromatic heterocycles. The number of fused-ring (bicyclic) bond motifs is 1. The molecule has 0 spiro atoms. The Labute approximate surface area is 152 Å². The predicted octanol–water partition coefficient (Wildman–Crippen LogP) is 5.13. The van der Waals surface area contributed by atoms with Crippen LogP contribution in [0, 0.1) is 5.82 Å². The third-order valence-electron chi connectivity index (χ3n) is 4.91. The van der Waals surface area contributed by atoms with E-state index in [0.717, 1.165) is 22.3 Å². The average molecular weight is 350 g/mol.